The van der Waals surface area contributed by atoms with Crippen LogP contribution in [-0.4, -0.2) is 51.1 Å². The van der Waals surface area contributed by atoms with Gasteiger partial charge in [0.15, 0.2) is 0 Å². The van der Waals surface area contributed by atoms with Crippen LogP contribution in [0.15, 0.2) is 30.3 Å². The van der Waals surface area contributed by atoms with Crippen LogP contribution in [0.2, 0.25) is 0 Å². The van der Waals surface area contributed by atoms with Gasteiger partial charge in [-0.3, -0.25) is 4.74 Å². The number of anilines is 1. The van der Waals surface area contributed by atoms with E-state index in [-0.39, 0.29) is 6.61 Å². The molecule has 25 heavy (non-hydrogen) atoms. The molecular formula is C19H27F3N2O. The molecule has 1 aliphatic heterocycles. The molecule has 1 heterocycles. The molecule has 0 atom stereocenters. The molecule has 1 aromatic carbocycles. The zero-order valence-electron chi connectivity index (χ0n) is 15.0. The topological polar surface area (TPSA) is 15.7 Å². The summed E-state index contributed by atoms with van der Waals surface area (Å²) in [5.74, 6) is 0. The molecule has 2 rings (SSSR count). The molecular weight excluding hydrogens is 329 g/mol. The second kappa shape index (κ2) is 9.25. The number of alkyl halides is 3. The van der Waals surface area contributed by atoms with Gasteiger partial charge in [0.1, 0.15) is 0 Å². The number of allylic oxidation sites excluding steroid dienone is 2. The van der Waals surface area contributed by atoms with Crippen LogP contribution in [0.5, 0.6) is 0 Å². The molecule has 0 aliphatic carbocycles. The first-order valence-electron chi connectivity index (χ1n) is 8.79. The third-order valence-corrected chi connectivity index (χ3v) is 4.56. The Morgan fingerprint density at radius 1 is 1.08 bits per heavy atom. The normalized spacial score (nSPS) is 17.2. The van der Waals surface area contributed by atoms with Crippen molar-refractivity contribution < 1.29 is 17.9 Å². The maximum absolute atomic E-state index is 11.9. The minimum absolute atomic E-state index is 0.275. The zero-order valence-corrected chi connectivity index (χ0v) is 15.0. The summed E-state index contributed by atoms with van der Waals surface area (Å²) in [4.78, 5) is 4.71. The Morgan fingerprint density at radius 3 is 2.28 bits per heavy atom. The minimum Gasteiger partial charge on any atom is -0.369 e. The highest BCUT2D eigenvalue weighted by atomic mass is 19.4. The Balaban J connectivity index is 1.82. The van der Waals surface area contributed by atoms with E-state index in [4.69, 9.17) is 0 Å². The smallest absolute Gasteiger partial charge is 0.369 e. The summed E-state index contributed by atoms with van der Waals surface area (Å²) in [6.07, 6.45) is -0.657. The lowest BCUT2D eigenvalue weighted by Crippen LogP contribution is -2.44. The first kappa shape index (κ1) is 19.8. The monoisotopic (exact) mass is 356 g/mol. The zero-order chi connectivity index (χ0) is 18.3. The van der Waals surface area contributed by atoms with Crippen molar-refractivity contribution in [3.05, 3.63) is 35.9 Å². The van der Waals surface area contributed by atoms with Crippen molar-refractivity contribution in [1.29, 1.82) is 0 Å². The third kappa shape index (κ3) is 6.71. The first-order valence-corrected chi connectivity index (χ1v) is 8.79. The highest BCUT2D eigenvalue weighted by Crippen LogP contribution is 2.25. The molecule has 0 saturated carbocycles. The van der Waals surface area contributed by atoms with E-state index in [1.807, 2.05) is 13.0 Å². The summed E-state index contributed by atoms with van der Waals surface area (Å²) in [5, 5.41) is 0. The third-order valence-electron chi connectivity index (χ3n) is 4.56. The van der Waals surface area contributed by atoms with Gasteiger partial charge in [0.2, 0.25) is 0 Å². The van der Waals surface area contributed by atoms with Crippen molar-refractivity contribution in [3.63, 3.8) is 0 Å². The largest absolute Gasteiger partial charge is 0.522 e. The lowest BCUT2D eigenvalue weighted by atomic mass is 9.99. The maximum Gasteiger partial charge on any atom is 0.522 e. The summed E-state index contributed by atoms with van der Waals surface area (Å²) in [7, 11) is 2.14. The number of hydrogen-bond donors (Lipinski definition) is 0. The molecule has 0 aromatic heterocycles. The molecule has 1 fully saturated rings. The van der Waals surface area contributed by atoms with Gasteiger partial charge in [-0.15, -0.1) is 13.2 Å². The Morgan fingerprint density at radius 2 is 1.72 bits per heavy atom. The highest BCUT2D eigenvalue weighted by Gasteiger charge is 2.28. The number of ether oxygens (including phenoxy) is 1. The number of rotatable bonds is 7. The first-order chi connectivity index (χ1) is 11.9. The fourth-order valence-corrected chi connectivity index (χ4v) is 3.01. The molecule has 1 aliphatic rings. The Hall–Kier alpha value is -1.53. The van der Waals surface area contributed by atoms with Gasteiger partial charge in [-0.1, -0.05) is 18.2 Å². The molecule has 1 saturated heterocycles. The highest BCUT2D eigenvalue weighted by molar-refractivity contribution is 5.67. The predicted molar refractivity (Wildman–Crippen MR) is 95.7 cm³/mol. The van der Waals surface area contributed by atoms with Gasteiger partial charge >= 0.3 is 6.36 Å². The number of hydrogen-bond acceptors (Lipinski definition) is 3. The second-order valence-corrected chi connectivity index (χ2v) is 6.40. The number of halogens is 3. The lowest BCUT2D eigenvalue weighted by molar-refractivity contribution is -0.324. The lowest BCUT2D eigenvalue weighted by Gasteiger charge is -2.34. The summed E-state index contributed by atoms with van der Waals surface area (Å²) in [6, 6.07) is 8.48. The van der Waals surface area contributed by atoms with Crippen LogP contribution in [0.25, 0.3) is 5.57 Å². The molecule has 1 aromatic rings. The fourth-order valence-electron chi connectivity index (χ4n) is 3.01. The molecule has 3 nitrogen and oxygen atoms in total. The SMILES string of the molecule is C/C=C(\CCCCOC(F)(F)F)c1ccc(N2CCN(C)CC2)cc1. The molecule has 0 radical (unpaired) electrons. The molecule has 140 valence electrons. The number of piperazine rings is 1. The van der Waals surface area contributed by atoms with E-state index in [0.29, 0.717) is 12.8 Å². The summed E-state index contributed by atoms with van der Waals surface area (Å²) < 4.78 is 39.6. The van der Waals surface area contributed by atoms with Crippen molar-refractivity contribution in [2.24, 2.45) is 0 Å². The van der Waals surface area contributed by atoms with Crippen LogP contribution in [0.3, 0.4) is 0 Å². The predicted octanol–water partition coefficient (Wildman–Crippen LogP) is 4.55. The Labute approximate surface area is 148 Å². The number of unbranched alkanes of at least 4 members (excludes halogenated alkanes) is 1. The Kier molecular flexibility index (Phi) is 7.32. The summed E-state index contributed by atoms with van der Waals surface area (Å²) in [5.41, 5.74) is 3.53. The van der Waals surface area contributed by atoms with E-state index >= 15 is 0 Å². The molecule has 6 heteroatoms. The Bertz CT molecular complexity index is 547. The van der Waals surface area contributed by atoms with Crippen molar-refractivity contribution in [3.8, 4) is 0 Å². The van der Waals surface area contributed by atoms with Crippen LogP contribution in [0, 0.1) is 0 Å². The van der Waals surface area contributed by atoms with Gasteiger partial charge in [-0.25, -0.2) is 0 Å². The van der Waals surface area contributed by atoms with Crippen LogP contribution < -0.4 is 4.90 Å². The molecule has 0 unspecified atom stereocenters. The van der Waals surface area contributed by atoms with Gasteiger partial charge in [0.05, 0.1) is 6.61 Å². The van der Waals surface area contributed by atoms with Crippen LogP contribution in [0.4, 0.5) is 18.9 Å². The average molecular weight is 356 g/mol. The van der Waals surface area contributed by atoms with Gasteiger partial charge in [0, 0.05) is 31.9 Å². The van der Waals surface area contributed by atoms with Crippen molar-refractivity contribution in [2.75, 3.05) is 44.7 Å². The quantitative estimate of drug-likeness (QED) is 0.667. The van der Waals surface area contributed by atoms with E-state index in [0.717, 1.165) is 43.7 Å². The van der Waals surface area contributed by atoms with Crippen LogP contribution in [0.1, 0.15) is 31.7 Å². The van der Waals surface area contributed by atoms with Crippen LogP contribution in [-0.2, 0) is 4.74 Å². The van der Waals surface area contributed by atoms with Crippen molar-refractivity contribution in [2.45, 2.75) is 32.5 Å². The van der Waals surface area contributed by atoms with Gasteiger partial charge in [-0.05, 0) is 56.5 Å². The summed E-state index contributed by atoms with van der Waals surface area (Å²) in [6.45, 7) is 5.90. The molecule has 0 spiro atoms. The molecule has 0 N–H and O–H groups in total. The van der Waals surface area contributed by atoms with E-state index in [9.17, 15) is 13.2 Å². The number of nitrogens with zero attached hydrogens (tertiary/aromatic N) is 2. The van der Waals surface area contributed by atoms with E-state index in [2.05, 4.69) is 45.8 Å². The van der Waals surface area contributed by atoms with E-state index in [1.165, 1.54) is 5.69 Å². The average Bonchev–Trinajstić information content (AvgIpc) is 2.58. The van der Waals surface area contributed by atoms with Crippen LogP contribution >= 0.6 is 0 Å². The minimum atomic E-state index is -4.53. The standard InChI is InChI=1S/C19H27F3N2O/c1-3-16(6-4-5-15-25-19(20,21)22)17-7-9-18(10-8-17)24-13-11-23(2)12-14-24/h3,7-10H,4-6,11-15H2,1-2H3/b16-3+. The molecule has 0 amide bonds. The van der Waals surface area contributed by atoms with E-state index < -0.39 is 6.36 Å². The van der Waals surface area contributed by atoms with E-state index in [1.54, 1.807) is 0 Å². The number of benzene rings is 1. The second-order valence-electron chi connectivity index (χ2n) is 6.40. The maximum atomic E-state index is 11.9. The van der Waals surface area contributed by atoms with Crippen molar-refractivity contribution >= 4 is 11.3 Å². The van der Waals surface area contributed by atoms with Gasteiger partial charge < -0.3 is 9.80 Å². The van der Waals surface area contributed by atoms with Crippen molar-refractivity contribution in [1.82, 2.24) is 4.90 Å². The fraction of sp³-hybridized carbons (Fsp3) is 0.579. The van der Waals surface area contributed by atoms with Gasteiger partial charge in [0.25, 0.3) is 0 Å². The molecule has 0 bridgehead atoms. The number of likely N-dealkylation sites (N-methyl/N-ethyl adjacent to an activating group) is 1. The van der Waals surface area contributed by atoms with Gasteiger partial charge in [-0.2, -0.15) is 0 Å². The summed E-state index contributed by atoms with van der Waals surface area (Å²) >= 11 is 0.